The maximum Gasteiger partial charge on any atom is 0.422 e. The molecule has 1 aliphatic rings. The predicted octanol–water partition coefficient (Wildman–Crippen LogP) is 3.30. The van der Waals surface area contributed by atoms with Crippen molar-refractivity contribution in [1.29, 1.82) is 0 Å². The summed E-state index contributed by atoms with van der Waals surface area (Å²) in [6.07, 6.45) is -2.14. The van der Waals surface area contributed by atoms with E-state index in [1.165, 1.54) is 23.5 Å². The van der Waals surface area contributed by atoms with Gasteiger partial charge in [-0.25, -0.2) is 4.98 Å². The van der Waals surface area contributed by atoms with Gasteiger partial charge in [-0.2, -0.15) is 13.2 Å². The smallest absolute Gasteiger partial charge is 0.422 e. The number of nitrogens with zero attached hydrogens (tertiary/aromatic N) is 1. The summed E-state index contributed by atoms with van der Waals surface area (Å²) in [4.78, 5) is 16.4. The van der Waals surface area contributed by atoms with Gasteiger partial charge in [0.25, 0.3) is 0 Å². The lowest BCUT2D eigenvalue weighted by molar-refractivity contribution is -0.153. The van der Waals surface area contributed by atoms with E-state index < -0.39 is 12.8 Å². The molecular weight excluding hydrogens is 343 g/mol. The van der Waals surface area contributed by atoms with Gasteiger partial charge in [-0.1, -0.05) is 11.3 Å². The molecule has 1 aromatic heterocycles. The van der Waals surface area contributed by atoms with Gasteiger partial charge in [-0.3, -0.25) is 4.79 Å². The topological polar surface area (TPSA) is 77.2 Å². The van der Waals surface area contributed by atoms with Crippen LogP contribution in [-0.4, -0.2) is 29.7 Å². The van der Waals surface area contributed by atoms with E-state index in [9.17, 15) is 18.0 Å². The number of carbonyl (C=O) groups is 1. The molecular formula is C15H16F3N3O2S. The van der Waals surface area contributed by atoms with Crippen LogP contribution in [0.1, 0.15) is 19.3 Å². The molecule has 24 heavy (non-hydrogen) atoms. The molecule has 2 aromatic rings. The van der Waals surface area contributed by atoms with Crippen molar-refractivity contribution in [1.82, 2.24) is 4.98 Å². The molecule has 1 heterocycles. The van der Waals surface area contributed by atoms with Gasteiger partial charge in [0.15, 0.2) is 11.7 Å². The Morgan fingerprint density at radius 2 is 2.21 bits per heavy atom. The predicted molar refractivity (Wildman–Crippen MR) is 85.1 cm³/mol. The average Bonchev–Trinajstić information content (AvgIpc) is 3.09. The highest BCUT2D eigenvalue weighted by molar-refractivity contribution is 7.22. The van der Waals surface area contributed by atoms with Crippen LogP contribution < -0.4 is 15.8 Å². The van der Waals surface area contributed by atoms with Gasteiger partial charge >= 0.3 is 6.18 Å². The summed E-state index contributed by atoms with van der Waals surface area (Å²) in [5.41, 5.74) is 6.40. The fourth-order valence-electron chi connectivity index (χ4n) is 2.68. The standard InChI is InChI=1S/C15H16F3N3O2S/c16-15(17,18)7-23-10-3-4-11-12(6-10)24-14(20-11)21-13(22)8-1-2-9(19)5-8/h3-4,6,8-9H,1-2,5,7,19H2,(H,20,21,22). The van der Waals surface area contributed by atoms with E-state index >= 15 is 0 Å². The molecule has 0 bridgehead atoms. The number of nitrogens with two attached hydrogens (primary N) is 1. The monoisotopic (exact) mass is 359 g/mol. The molecule has 1 aromatic carbocycles. The number of alkyl halides is 3. The van der Waals surface area contributed by atoms with Crippen LogP contribution in [0.5, 0.6) is 5.75 Å². The van der Waals surface area contributed by atoms with Gasteiger partial charge < -0.3 is 15.8 Å². The Morgan fingerprint density at radius 1 is 1.42 bits per heavy atom. The van der Waals surface area contributed by atoms with Crippen LogP contribution in [-0.2, 0) is 4.79 Å². The Kier molecular flexibility index (Phi) is 4.64. The van der Waals surface area contributed by atoms with Crippen molar-refractivity contribution >= 4 is 32.6 Å². The second-order valence-electron chi connectivity index (χ2n) is 5.81. The number of halogens is 3. The summed E-state index contributed by atoms with van der Waals surface area (Å²) >= 11 is 1.20. The Labute approximate surface area is 140 Å². The Balaban J connectivity index is 1.68. The highest BCUT2D eigenvalue weighted by atomic mass is 32.1. The molecule has 130 valence electrons. The molecule has 3 N–H and O–H groups in total. The second-order valence-corrected chi connectivity index (χ2v) is 6.84. The first-order valence-corrected chi connectivity index (χ1v) is 8.28. The normalized spacial score (nSPS) is 21.2. The molecule has 0 radical (unpaired) electrons. The lowest BCUT2D eigenvalue weighted by Crippen LogP contribution is -2.23. The molecule has 5 nitrogen and oxygen atoms in total. The quantitative estimate of drug-likeness (QED) is 0.878. The highest BCUT2D eigenvalue weighted by Crippen LogP contribution is 2.31. The summed E-state index contributed by atoms with van der Waals surface area (Å²) in [5.74, 6) is -0.114. The van der Waals surface area contributed by atoms with E-state index in [2.05, 4.69) is 10.3 Å². The summed E-state index contributed by atoms with van der Waals surface area (Å²) < 4.78 is 41.9. The first kappa shape index (κ1) is 17.0. The zero-order valence-electron chi connectivity index (χ0n) is 12.6. The third-order valence-corrected chi connectivity index (χ3v) is 4.77. The minimum atomic E-state index is -4.38. The lowest BCUT2D eigenvalue weighted by atomic mass is 10.1. The molecule has 3 rings (SSSR count). The molecule has 1 aliphatic carbocycles. The van der Waals surface area contributed by atoms with Crippen LogP contribution in [0.3, 0.4) is 0 Å². The van der Waals surface area contributed by atoms with Crippen LogP contribution in [0.25, 0.3) is 10.2 Å². The first-order chi connectivity index (χ1) is 11.3. The number of nitrogens with one attached hydrogen (secondary N) is 1. The molecule has 0 aliphatic heterocycles. The molecule has 0 spiro atoms. The van der Waals surface area contributed by atoms with Crippen molar-refractivity contribution in [3.05, 3.63) is 18.2 Å². The van der Waals surface area contributed by atoms with E-state index in [-0.39, 0.29) is 23.6 Å². The van der Waals surface area contributed by atoms with Crippen molar-refractivity contribution in [3.63, 3.8) is 0 Å². The minimum absolute atomic E-state index is 0.0597. The van der Waals surface area contributed by atoms with Crippen LogP contribution >= 0.6 is 11.3 Å². The summed E-state index contributed by atoms with van der Waals surface area (Å²) in [6, 6.07) is 4.54. The largest absolute Gasteiger partial charge is 0.484 e. The van der Waals surface area contributed by atoms with Crippen molar-refractivity contribution in [2.45, 2.75) is 31.5 Å². The third-order valence-electron chi connectivity index (χ3n) is 3.84. The van der Waals surface area contributed by atoms with E-state index in [1.54, 1.807) is 6.07 Å². The Morgan fingerprint density at radius 3 is 2.88 bits per heavy atom. The van der Waals surface area contributed by atoms with Crippen LogP contribution in [0, 0.1) is 5.92 Å². The summed E-state index contributed by atoms with van der Waals surface area (Å²) in [5, 5.41) is 3.18. The SMILES string of the molecule is NC1CCC(C(=O)Nc2nc3ccc(OCC(F)(F)F)cc3s2)C1. The Hall–Kier alpha value is -1.87. The first-order valence-electron chi connectivity index (χ1n) is 7.47. The van der Waals surface area contributed by atoms with E-state index in [0.29, 0.717) is 21.8 Å². The van der Waals surface area contributed by atoms with Crippen LogP contribution in [0.15, 0.2) is 18.2 Å². The van der Waals surface area contributed by atoms with Crippen LogP contribution in [0.4, 0.5) is 18.3 Å². The van der Waals surface area contributed by atoms with Crippen molar-refractivity contribution in [2.24, 2.45) is 11.7 Å². The molecule has 2 atom stereocenters. The van der Waals surface area contributed by atoms with Crippen molar-refractivity contribution in [3.8, 4) is 5.75 Å². The maximum absolute atomic E-state index is 12.2. The number of hydrogen-bond acceptors (Lipinski definition) is 5. The number of ether oxygens (including phenoxy) is 1. The minimum Gasteiger partial charge on any atom is -0.484 e. The molecule has 9 heteroatoms. The van der Waals surface area contributed by atoms with Gasteiger partial charge in [0.2, 0.25) is 5.91 Å². The molecule has 1 amide bonds. The number of rotatable bonds is 4. The highest BCUT2D eigenvalue weighted by Gasteiger charge is 2.29. The maximum atomic E-state index is 12.2. The van der Waals surface area contributed by atoms with Crippen LogP contribution in [0.2, 0.25) is 0 Å². The average molecular weight is 359 g/mol. The number of amides is 1. The fraction of sp³-hybridized carbons (Fsp3) is 0.467. The van der Waals surface area contributed by atoms with Gasteiger partial charge in [0.1, 0.15) is 5.75 Å². The Bertz CT molecular complexity index is 747. The number of aromatic nitrogens is 1. The van der Waals surface area contributed by atoms with E-state index in [4.69, 9.17) is 10.5 Å². The molecule has 1 fully saturated rings. The van der Waals surface area contributed by atoms with Gasteiger partial charge in [-0.05, 0) is 37.5 Å². The van der Waals surface area contributed by atoms with Gasteiger partial charge in [0, 0.05) is 12.0 Å². The zero-order valence-corrected chi connectivity index (χ0v) is 13.4. The summed E-state index contributed by atoms with van der Waals surface area (Å²) in [7, 11) is 0. The lowest BCUT2D eigenvalue weighted by Gasteiger charge is -2.08. The van der Waals surface area contributed by atoms with Gasteiger partial charge in [0.05, 0.1) is 10.2 Å². The van der Waals surface area contributed by atoms with Crippen molar-refractivity contribution < 1.29 is 22.7 Å². The number of carbonyl (C=O) groups excluding carboxylic acids is 1. The van der Waals surface area contributed by atoms with Crippen molar-refractivity contribution in [2.75, 3.05) is 11.9 Å². The zero-order chi connectivity index (χ0) is 17.3. The third kappa shape index (κ3) is 4.15. The number of fused-ring (bicyclic) bond motifs is 1. The van der Waals surface area contributed by atoms with E-state index in [0.717, 1.165) is 12.8 Å². The molecule has 2 unspecified atom stereocenters. The number of thiazole rings is 1. The summed E-state index contributed by atoms with van der Waals surface area (Å²) in [6.45, 7) is -1.34. The van der Waals surface area contributed by atoms with E-state index in [1.807, 2.05) is 0 Å². The number of hydrogen-bond donors (Lipinski definition) is 2. The molecule has 0 saturated heterocycles. The number of benzene rings is 1. The fourth-order valence-corrected chi connectivity index (χ4v) is 3.57. The number of anilines is 1. The van der Waals surface area contributed by atoms with Gasteiger partial charge in [-0.15, -0.1) is 0 Å². The second kappa shape index (κ2) is 6.56. The molecule has 1 saturated carbocycles.